The van der Waals surface area contributed by atoms with Gasteiger partial charge in [-0.15, -0.1) is 0 Å². The van der Waals surface area contributed by atoms with Crippen LogP contribution in [0.15, 0.2) is 12.1 Å². The van der Waals surface area contributed by atoms with E-state index in [1.807, 2.05) is 0 Å². The van der Waals surface area contributed by atoms with E-state index in [0.29, 0.717) is 5.46 Å². The van der Waals surface area contributed by atoms with Crippen LogP contribution in [-0.4, -0.2) is 7.85 Å². The van der Waals surface area contributed by atoms with Gasteiger partial charge in [0.25, 0.3) is 0 Å². The van der Waals surface area contributed by atoms with Crippen molar-refractivity contribution in [1.82, 2.24) is 0 Å². The third-order valence-electron chi connectivity index (χ3n) is 1.58. The number of nitrogens with two attached hydrogens (primary N) is 1. The van der Waals surface area contributed by atoms with Crippen LogP contribution in [0.2, 0.25) is 5.02 Å². The molecule has 0 aliphatic heterocycles. The highest BCUT2D eigenvalue weighted by Gasteiger charge is 2.33. The lowest BCUT2D eigenvalue weighted by molar-refractivity contribution is -0.136. The Kier molecular flexibility index (Phi) is 2.48. The average Bonchev–Trinajstić information content (AvgIpc) is 1.94. The van der Waals surface area contributed by atoms with Gasteiger partial charge >= 0.3 is 6.18 Å². The molecule has 2 N–H and O–H groups in total. The maximum Gasteiger partial charge on any atom is 0.418 e. The quantitative estimate of drug-likeness (QED) is 0.502. The van der Waals surface area contributed by atoms with Crippen LogP contribution in [0.3, 0.4) is 0 Å². The van der Waals surface area contributed by atoms with Gasteiger partial charge in [0, 0.05) is 0 Å². The van der Waals surface area contributed by atoms with E-state index in [2.05, 4.69) is 0 Å². The minimum absolute atomic E-state index is 0.0627. The van der Waals surface area contributed by atoms with E-state index in [0.717, 1.165) is 6.07 Å². The van der Waals surface area contributed by atoms with Crippen molar-refractivity contribution in [2.75, 3.05) is 5.73 Å². The van der Waals surface area contributed by atoms with E-state index in [4.69, 9.17) is 17.3 Å². The largest absolute Gasteiger partial charge is 0.418 e. The SMILES string of the molecule is Bc1cc(Cl)c(N)c(C(F)(F)F)c1. The molecule has 0 heterocycles. The molecule has 0 atom stereocenters. The molecule has 1 aromatic carbocycles. The van der Waals surface area contributed by atoms with Crippen LogP contribution in [0.1, 0.15) is 5.56 Å². The van der Waals surface area contributed by atoms with Crippen LogP contribution in [0.4, 0.5) is 18.9 Å². The zero-order chi connectivity index (χ0) is 10.2. The fraction of sp³-hybridized carbons (Fsp3) is 0.143. The van der Waals surface area contributed by atoms with E-state index in [9.17, 15) is 13.2 Å². The van der Waals surface area contributed by atoms with Gasteiger partial charge in [0.2, 0.25) is 0 Å². The Morgan fingerprint density at radius 2 is 1.85 bits per heavy atom. The first kappa shape index (κ1) is 10.2. The van der Waals surface area contributed by atoms with Crippen molar-refractivity contribution in [2.45, 2.75) is 6.18 Å². The highest BCUT2D eigenvalue weighted by atomic mass is 35.5. The Bertz CT molecular complexity index is 337. The molecule has 0 saturated heterocycles. The smallest absolute Gasteiger partial charge is 0.397 e. The van der Waals surface area contributed by atoms with Crippen molar-refractivity contribution in [1.29, 1.82) is 0 Å². The first-order valence-electron chi connectivity index (χ1n) is 3.45. The highest BCUT2D eigenvalue weighted by Crippen LogP contribution is 2.35. The first-order chi connectivity index (χ1) is 5.82. The normalized spacial score (nSPS) is 11.7. The Morgan fingerprint density at radius 1 is 1.31 bits per heavy atom. The number of halogens is 4. The third-order valence-corrected chi connectivity index (χ3v) is 1.89. The van der Waals surface area contributed by atoms with Crippen molar-refractivity contribution < 1.29 is 13.2 Å². The van der Waals surface area contributed by atoms with Crippen LogP contribution in [0.5, 0.6) is 0 Å². The van der Waals surface area contributed by atoms with Crippen molar-refractivity contribution in [3.05, 3.63) is 22.7 Å². The Morgan fingerprint density at radius 3 is 2.31 bits per heavy atom. The van der Waals surface area contributed by atoms with Gasteiger partial charge in [-0.05, 0) is 6.07 Å². The Hall–Kier alpha value is -0.835. The molecule has 0 amide bonds. The number of rotatable bonds is 0. The number of nitrogen functional groups attached to an aromatic ring is 1. The molecule has 6 heteroatoms. The second-order valence-corrected chi connectivity index (χ2v) is 3.11. The predicted molar refractivity (Wildman–Crippen MR) is 49.0 cm³/mol. The van der Waals surface area contributed by atoms with Crippen molar-refractivity contribution in [3.8, 4) is 0 Å². The Labute approximate surface area is 79.1 Å². The monoisotopic (exact) mass is 207 g/mol. The lowest BCUT2D eigenvalue weighted by Crippen LogP contribution is -2.14. The fourth-order valence-electron chi connectivity index (χ4n) is 0.988. The molecular weight excluding hydrogens is 201 g/mol. The van der Waals surface area contributed by atoms with E-state index in [1.54, 1.807) is 0 Å². The number of hydrogen-bond acceptors (Lipinski definition) is 1. The molecule has 0 radical (unpaired) electrons. The molecule has 0 aliphatic carbocycles. The summed E-state index contributed by atoms with van der Waals surface area (Å²) in [6, 6.07) is 2.37. The van der Waals surface area contributed by atoms with Gasteiger partial charge in [0.1, 0.15) is 7.85 Å². The van der Waals surface area contributed by atoms with Crippen molar-refractivity contribution >= 4 is 30.6 Å². The van der Waals surface area contributed by atoms with E-state index in [-0.39, 0.29) is 5.02 Å². The van der Waals surface area contributed by atoms with Gasteiger partial charge in [0.05, 0.1) is 16.3 Å². The summed E-state index contributed by atoms with van der Waals surface area (Å²) in [4.78, 5) is 0. The Balaban J connectivity index is 3.37. The molecule has 0 aliphatic rings. The second-order valence-electron chi connectivity index (χ2n) is 2.71. The highest BCUT2D eigenvalue weighted by molar-refractivity contribution is 6.37. The molecule has 1 nitrogen and oxygen atoms in total. The van der Waals surface area contributed by atoms with Gasteiger partial charge in [-0.25, -0.2) is 0 Å². The van der Waals surface area contributed by atoms with E-state index >= 15 is 0 Å². The fourth-order valence-corrected chi connectivity index (χ4v) is 1.26. The standard InChI is InChI=1S/C7H6BClF3N/c8-3-1-4(7(10,11)12)6(13)5(9)2-3/h1-2H,8,13H2. The zero-order valence-electron chi connectivity index (χ0n) is 6.74. The van der Waals surface area contributed by atoms with Gasteiger partial charge < -0.3 is 5.73 Å². The summed E-state index contributed by atoms with van der Waals surface area (Å²) in [6.45, 7) is 0. The minimum Gasteiger partial charge on any atom is -0.397 e. The van der Waals surface area contributed by atoms with Gasteiger partial charge in [0.15, 0.2) is 0 Å². The zero-order valence-corrected chi connectivity index (χ0v) is 7.50. The second kappa shape index (κ2) is 3.14. The molecule has 0 saturated carbocycles. The summed E-state index contributed by atoms with van der Waals surface area (Å²) in [6.07, 6.45) is -4.44. The first-order valence-corrected chi connectivity index (χ1v) is 3.83. The maximum absolute atomic E-state index is 12.3. The molecule has 0 bridgehead atoms. The average molecular weight is 207 g/mol. The molecule has 13 heavy (non-hydrogen) atoms. The number of hydrogen-bond donors (Lipinski definition) is 1. The van der Waals surface area contributed by atoms with E-state index in [1.165, 1.54) is 13.9 Å². The predicted octanol–water partition coefficient (Wildman–Crippen LogP) is 1.20. The maximum atomic E-state index is 12.3. The van der Waals surface area contributed by atoms with Crippen LogP contribution in [0, 0.1) is 0 Å². The topological polar surface area (TPSA) is 26.0 Å². The van der Waals surface area contributed by atoms with Crippen molar-refractivity contribution in [3.63, 3.8) is 0 Å². The van der Waals surface area contributed by atoms with Gasteiger partial charge in [-0.3, -0.25) is 0 Å². The van der Waals surface area contributed by atoms with E-state index < -0.39 is 17.4 Å². The number of benzene rings is 1. The molecule has 1 rings (SSSR count). The lowest BCUT2D eigenvalue weighted by Gasteiger charge is -2.11. The lowest BCUT2D eigenvalue weighted by atomic mass is 9.93. The molecule has 0 unspecified atom stereocenters. The summed E-state index contributed by atoms with van der Waals surface area (Å²) in [5.74, 6) is 0. The van der Waals surface area contributed by atoms with Crippen molar-refractivity contribution in [2.24, 2.45) is 0 Å². The summed E-state index contributed by atoms with van der Waals surface area (Å²) < 4.78 is 36.8. The molecule has 0 spiro atoms. The minimum atomic E-state index is -4.44. The van der Waals surface area contributed by atoms with Gasteiger partial charge in [-0.2, -0.15) is 13.2 Å². The summed E-state index contributed by atoms with van der Waals surface area (Å²) in [5.41, 5.74) is 4.33. The number of anilines is 1. The van der Waals surface area contributed by atoms with Crippen LogP contribution in [0.25, 0.3) is 0 Å². The molecular formula is C7H6BClF3N. The molecule has 70 valence electrons. The number of alkyl halides is 3. The van der Waals surface area contributed by atoms with Crippen LogP contribution in [-0.2, 0) is 6.18 Å². The summed E-state index contributed by atoms with van der Waals surface area (Å²) in [5, 5.41) is -0.0627. The molecule has 0 aromatic heterocycles. The summed E-state index contributed by atoms with van der Waals surface area (Å²) >= 11 is 5.50. The molecule has 1 aromatic rings. The van der Waals surface area contributed by atoms with Gasteiger partial charge in [-0.1, -0.05) is 23.1 Å². The third kappa shape index (κ3) is 2.09. The molecule has 0 fully saturated rings. The van der Waals surface area contributed by atoms with Crippen LogP contribution >= 0.6 is 11.6 Å². The van der Waals surface area contributed by atoms with Crippen LogP contribution < -0.4 is 11.2 Å². The summed E-state index contributed by atoms with van der Waals surface area (Å²) in [7, 11) is 1.53.